The van der Waals surface area contributed by atoms with Gasteiger partial charge in [-0.25, -0.2) is 19.9 Å². The zero-order valence-electron chi connectivity index (χ0n) is 17.3. The fourth-order valence-corrected chi connectivity index (χ4v) is 3.40. The van der Waals surface area contributed by atoms with E-state index in [1.807, 2.05) is 32.0 Å². The van der Waals surface area contributed by atoms with E-state index in [1.165, 1.54) is 4.90 Å². The van der Waals surface area contributed by atoms with Crippen LogP contribution >= 0.6 is 9.24 Å². The number of benzene rings is 1. The number of nitrogens with zero attached hydrogens (tertiary/aromatic N) is 5. The molecule has 1 aliphatic rings. The normalized spacial score (nSPS) is 14.8. The predicted octanol–water partition coefficient (Wildman–Crippen LogP) is 2.29. The van der Waals surface area contributed by atoms with Crippen molar-refractivity contribution in [1.82, 2.24) is 15.0 Å². The lowest BCUT2D eigenvalue weighted by molar-refractivity contribution is -0.112. The molecule has 0 fully saturated rings. The highest BCUT2D eigenvalue weighted by Crippen LogP contribution is 2.27. The number of rotatable bonds is 2. The third-order valence-electron chi connectivity index (χ3n) is 4.94. The molecule has 0 bridgehead atoms. The van der Waals surface area contributed by atoms with E-state index in [0.717, 1.165) is 22.0 Å². The van der Waals surface area contributed by atoms with Gasteiger partial charge < -0.3 is 4.74 Å². The Labute approximate surface area is 181 Å². The minimum absolute atomic E-state index is 0.0428. The lowest BCUT2D eigenvalue weighted by Gasteiger charge is -2.13. The Morgan fingerprint density at radius 1 is 1.19 bits per heavy atom. The Morgan fingerprint density at radius 2 is 2.00 bits per heavy atom. The van der Waals surface area contributed by atoms with Crippen molar-refractivity contribution in [3.8, 4) is 17.0 Å². The minimum Gasteiger partial charge on any atom is -0.483 e. The maximum atomic E-state index is 12.8. The summed E-state index contributed by atoms with van der Waals surface area (Å²) in [6.07, 6.45) is 3.14. The number of fused-ring (bicyclic) bond motifs is 1. The van der Waals surface area contributed by atoms with Gasteiger partial charge in [-0.3, -0.25) is 14.5 Å². The van der Waals surface area contributed by atoms with Crippen molar-refractivity contribution >= 4 is 37.9 Å². The van der Waals surface area contributed by atoms with Gasteiger partial charge in [-0.1, -0.05) is 12.1 Å². The molecule has 2 aromatic heterocycles. The zero-order chi connectivity index (χ0) is 22.1. The van der Waals surface area contributed by atoms with Crippen LogP contribution in [0.1, 0.15) is 21.7 Å². The second-order valence-electron chi connectivity index (χ2n) is 7.14. The summed E-state index contributed by atoms with van der Waals surface area (Å²) >= 11 is 0. The van der Waals surface area contributed by atoms with E-state index in [-0.39, 0.29) is 18.1 Å². The number of ether oxygens (including phenoxy) is 1. The van der Waals surface area contributed by atoms with Crippen LogP contribution in [0.2, 0.25) is 0 Å². The number of amides is 2. The van der Waals surface area contributed by atoms with E-state index in [1.54, 1.807) is 31.6 Å². The summed E-state index contributed by atoms with van der Waals surface area (Å²) in [5, 5.41) is 1.04. The van der Waals surface area contributed by atoms with Crippen molar-refractivity contribution in [3.63, 3.8) is 0 Å². The molecule has 1 unspecified atom stereocenters. The molecule has 8 nitrogen and oxygen atoms in total. The molecule has 4 rings (SSSR count). The van der Waals surface area contributed by atoms with Gasteiger partial charge in [0.2, 0.25) is 5.82 Å². The number of anilines is 1. The Bertz CT molecular complexity index is 1240. The highest BCUT2D eigenvalue weighted by molar-refractivity contribution is 7.27. The Hall–Kier alpha value is -3.51. The van der Waals surface area contributed by atoms with Crippen LogP contribution in [0.15, 0.2) is 47.7 Å². The number of hydrogen-bond donors (Lipinski definition) is 0. The molecule has 1 aliphatic heterocycles. The lowest BCUT2D eigenvalue weighted by atomic mass is 10.1. The average Bonchev–Trinajstić information content (AvgIpc) is 2.88. The van der Waals surface area contributed by atoms with Gasteiger partial charge in [0.25, 0.3) is 5.91 Å². The van der Waals surface area contributed by atoms with Crippen molar-refractivity contribution in [2.45, 2.75) is 13.8 Å². The van der Waals surface area contributed by atoms with Gasteiger partial charge >= 0.3 is 5.91 Å². The van der Waals surface area contributed by atoms with Gasteiger partial charge in [0.15, 0.2) is 11.6 Å². The molecule has 3 heterocycles. The van der Waals surface area contributed by atoms with E-state index in [0.29, 0.717) is 17.3 Å². The van der Waals surface area contributed by atoms with Crippen LogP contribution in [0.25, 0.3) is 11.3 Å². The zero-order valence-corrected chi connectivity index (χ0v) is 18.4. The third kappa shape index (κ3) is 4.07. The number of pyridine rings is 1. The number of carbonyl (C=O) groups excluding carboxylic acids is 2. The molecule has 0 aliphatic carbocycles. The minimum atomic E-state index is -0.710. The molecule has 0 radical (unpaired) electrons. The first-order chi connectivity index (χ1) is 14.8. The smallest absolute Gasteiger partial charge is 0.315 e. The summed E-state index contributed by atoms with van der Waals surface area (Å²) in [6, 6.07) is 9.33. The molecule has 9 heteroatoms. The second-order valence-corrected chi connectivity index (χ2v) is 7.76. The van der Waals surface area contributed by atoms with Gasteiger partial charge in [0.05, 0.1) is 5.69 Å². The SMILES string of the molecule is Cc1ccc(-c2nc(C(=O)/N=C3\COc4cccnc4N(C)C3=O)ncc2C)cc1P. The van der Waals surface area contributed by atoms with Gasteiger partial charge in [0.1, 0.15) is 12.3 Å². The molecule has 0 saturated heterocycles. The quantitative estimate of drug-likeness (QED) is 0.576. The van der Waals surface area contributed by atoms with E-state index >= 15 is 0 Å². The largest absolute Gasteiger partial charge is 0.483 e. The van der Waals surface area contributed by atoms with Crippen LogP contribution in [0.4, 0.5) is 5.82 Å². The first kappa shape index (κ1) is 20.8. The summed E-state index contributed by atoms with van der Waals surface area (Å²) in [5.74, 6) is -0.457. The monoisotopic (exact) mass is 433 g/mol. The molecule has 1 aromatic carbocycles. The first-order valence-electron chi connectivity index (χ1n) is 9.53. The van der Waals surface area contributed by atoms with Crippen LogP contribution in [0, 0.1) is 13.8 Å². The van der Waals surface area contributed by atoms with Crippen molar-refractivity contribution in [2.75, 3.05) is 18.6 Å². The molecule has 156 valence electrons. The molecule has 31 heavy (non-hydrogen) atoms. The first-order valence-corrected chi connectivity index (χ1v) is 10.1. The average molecular weight is 433 g/mol. The maximum absolute atomic E-state index is 12.8. The fraction of sp³-hybridized carbons (Fsp3) is 0.182. The standard InChI is InChI=1S/C22H20N5O3P/c1-12-6-7-14(9-17(12)31)18-13(2)10-24-19(26-18)21(28)25-15-11-30-16-5-4-8-23-20(16)27(3)22(15)29/h4-10H,11,31H2,1-3H3/b25-15+. The highest BCUT2D eigenvalue weighted by Gasteiger charge is 2.27. The molecule has 2 amide bonds. The number of aliphatic imine (C=N–C) groups is 1. The van der Waals surface area contributed by atoms with Crippen molar-refractivity contribution < 1.29 is 14.3 Å². The summed E-state index contributed by atoms with van der Waals surface area (Å²) in [5.41, 5.74) is 3.42. The van der Waals surface area contributed by atoms with Gasteiger partial charge in [-0.2, -0.15) is 0 Å². The topological polar surface area (TPSA) is 97.6 Å². The Morgan fingerprint density at radius 3 is 2.77 bits per heavy atom. The van der Waals surface area contributed by atoms with Crippen LogP contribution in [0.3, 0.4) is 0 Å². The van der Waals surface area contributed by atoms with Crippen LogP contribution in [-0.4, -0.2) is 46.1 Å². The Balaban J connectivity index is 1.66. The van der Waals surface area contributed by atoms with Gasteiger partial charge in [0, 0.05) is 25.0 Å². The number of aromatic nitrogens is 3. The molecular weight excluding hydrogens is 413 g/mol. The van der Waals surface area contributed by atoms with Gasteiger partial charge in [-0.05, 0) is 48.5 Å². The number of hydrogen-bond acceptors (Lipinski definition) is 6. The second kappa shape index (κ2) is 8.32. The summed E-state index contributed by atoms with van der Waals surface area (Å²) in [4.78, 5) is 43.6. The fourth-order valence-electron chi connectivity index (χ4n) is 3.12. The number of aryl methyl sites for hydroxylation is 2. The van der Waals surface area contributed by atoms with Crippen molar-refractivity contribution in [2.24, 2.45) is 4.99 Å². The van der Waals surface area contributed by atoms with Crippen LogP contribution < -0.4 is 14.9 Å². The molecule has 3 aromatic rings. The summed E-state index contributed by atoms with van der Waals surface area (Å²) in [7, 11) is 4.24. The molecule has 0 spiro atoms. The molecule has 0 N–H and O–H groups in total. The van der Waals surface area contributed by atoms with E-state index in [9.17, 15) is 9.59 Å². The Kier molecular flexibility index (Phi) is 5.57. The highest BCUT2D eigenvalue weighted by atomic mass is 31.0. The summed E-state index contributed by atoms with van der Waals surface area (Å²) < 4.78 is 5.62. The lowest BCUT2D eigenvalue weighted by Crippen LogP contribution is -2.35. The molecule has 1 atom stereocenters. The summed E-state index contributed by atoms with van der Waals surface area (Å²) in [6.45, 7) is 3.74. The van der Waals surface area contributed by atoms with E-state index < -0.39 is 11.8 Å². The molecule has 0 saturated carbocycles. The van der Waals surface area contributed by atoms with Gasteiger partial charge in [-0.15, -0.1) is 9.24 Å². The number of carbonyl (C=O) groups is 2. The molecular formula is C22H20N5O3P. The van der Waals surface area contributed by atoms with Crippen molar-refractivity contribution in [3.05, 3.63) is 59.7 Å². The van der Waals surface area contributed by atoms with Crippen LogP contribution in [-0.2, 0) is 4.79 Å². The van der Waals surface area contributed by atoms with E-state index in [2.05, 4.69) is 29.2 Å². The predicted molar refractivity (Wildman–Crippen MR) is 121 cm³/mol. The third-order valence-corrected chi connectivity index (χ3v) is 5.56. The van der Waals surface area contributed by atoms with Crippen LogP contribution in [0.5, 0.6) is 5.75 Å². The van der Waals surface area contributed by atoms with Crippen molar-refractivity contribution in [1.29, 1.82) is 0 Å². The maximum Gasteiger partial charge on any atom is 0.315 e. The van der Waals surface area contributed by atoms with E-state index in [4.69, 9.17) is 4.74 Å².